The average Bonchev–Trinajstić information content (AvgIpc) is 2.18. The molecule has 1 aromatic rings. The van der Waals surface area contributed by atoms with Gasteiger partial charge in [0.05, 0.1) is 6.61 Å². The number of hydrogen-bond acceptors (Lipinski definition) is 2. The lowest BCUT2D eigenvalue weighted by molar-refractivity contribution is 0.134. The standard InChI is InChI=1S/C10H13F2NO/c11-9-5-4-8(7-10(9)12)3-1-2-6-14-13/h4-5,7H,1-3,6,13H2. The lowest BCUT2D eigenvalue weighted by Gasteiger charge is -2.01. The minimum Gasteiger partial charge on any atom is -0.305 e. The second-order valence-electron chi connectivity index (χ2n) is 3.08. The van der Waals surface area contributed by atoms with Crippen molar-refractivity contribution < 1.29 is 13.6 Å². The van der Waals surface area contributed by atoms with Gasteiger partial charge in [-0.3, -0.25) is 0 Å². The lowest BCUT2D eigenvalue weighted by Crippen LogP contribution is -2.01. The third kappa shape index (κ3) is 3.40. The number of halogens is 2. The Morgan fingerprint density at radius 3 is 2.57 bits per heavy atom. The molecule has 2 nitrogen and oxygen atoms in total. The van der Waals surface area contributed by atoms with Crippen LogP contribution in [0.2, 0.25) is 0 Å². The molecular formula is C10H13F2NO. The van der Waals surface area contributed by atoms with Gasteiger partial charge in [-0.05, 0) is 37.0 Å². The Kier molecular flexibility index (Phi) is 4.49. The summed E-state index contributed by atoms with van der Waals surface area (Å²) >= 11 is 0. The van der Waals surface area contributed by atoms with Crippen molar-refractivity contribution in [3.8, 4) is 0 Å². The molecule has 0 amide bonds. The van der Waals surface area contributed by atoms with Crippen molar-refractivity contribution in [3.63, 3.8) is 0 Å². The van der Waals surface area contributed by atoms with Crippen LogP contribution in [0.4, 0.5) is 8.78 Å². The first-order chi connectivity index (χ1) is 6.74. The van der Waals surface area contributed by atoms with Gasteiger partial charge in [0.25, 0.3) is 0 Å². The monoisotopic (exact) mass is 201 g/mol. The largest absolute Gasteiger partial charge is 0.305 e. The number of aryl methyl sites for hydroxylation is 1. The molecule has 0 radical (unpaired) electrons. The number of benzene rings is 1. The van der Waals surface area contributed by atoms with E-state index in [1.807, 2.05) is 0 Å². The Labute approximate surface area is 81.6 Å². The summed E-state index contributed by atoms with van der Waals surface area (Å²) in [5.74, 6) is 3.24. The van der Waals surface area contributed by atoms with E-state index in [0.29, 0.717) is 13.0 Å². The highest BCUT2D eigenvalue weighted by atomic mass is 19.2. The van der Waals surface area contributed by atoms with E-state index >= 15 is 0 Å². The maximum absolute atomic E-state index is 12.7. The number of nitrogens with two attached hydrogens (primary N) is 1. The summed E-state index contributed by atoms with van der Waals surface area (Å²) in [7, 11) is 0. The number of unbranched alkanes of at least 4 members (excludes halogenated alkanes) is 1. The predicted octanol–water partition coefficient (Wildman–Crippen LogP) is 2.18. The van der Waals surface area contributed by atoms with Crippen LogP contribution in [-0.4, -0.2) is 6.61 Å². The first-order valence-electron chi connectivity index (χ1n) is 4.49. The van der Waals surface area contributed by atoms with Crippen molar-refractivity contribution in [2.45, 2.75) is 19.3 Å². The topological polar surface area (TPSA) is 35.2 Å². The second kappa shape index (κ2) is 5.67. The molecule has 0 aliphatic heterocycles. The first kappa shape index (κ1) is 11.1. The van der Waals surface area contributed by atoms with Gasteiger partial charge in [-0.2, -0.15) is 0 Å². The second-order valence-corrected chi connectivity index (χ2v) is 3.08. The first-order valence-corrected chi connectivity index (χ1v) is 4.49. The van der Waals surface area contributed by atoms with Gasteiger partial charge in [-0.25, -0.2) is 14.7 Å². The molecular weight excluding hydrogens is 188 g/mol. The maximum atomic E-state index is 12.7. The summed E-state index contributed by atoms with van der Waals surface area (Å²) in [5, 5.41) is 0. The molecule has 78 valence electrons. The summed E-state index contributed by atoms with van der Waals surface area (Å²) in [6, 6.07) is 3.95. The SMILES string of the molecule is NOCCCCc1ccc(F)c(F)c1. The summed E-state index contributed by atoms with van der Waals surface area (Å²) < 4.78 is 25.3. The van der Waals surface area contributed by atoms with Gasteiger partial charge in [-0.15, -0.1) is 0 Å². The van der Waals surface area contributed by atoms with E-state index in [0.717, 1.165) is 24.5 Å². The van der Waals surface area contributed by atoms with Crippen LogP contribution in [0.3, 0.4) is 0 Å². The minimum atomic E-state index is -0.806. The van der Waals surface area contributed by atoms with Gasteiger partial charge in [-0.1, -0.05) is 6.07 Å². The zero-order valence-corrected chi connectivity index (χ0v) is 7.80. The van der Waals surface area contributed by atoms with Gasteiger partial charge in [0.1, 0.15) is 0 Å². The van der Waals surface area contributed by atoms with Gasteiger partial charge >= 0.3 is 0 Å². The molecule has 0 fully saturated rings. The van der Waals surface area contributed by atoms with E-state index in [2.05, 4.69) is 4.84 Å². The molecule has 2 N–H and O–H groups in total. The Hall–Kier alpha value is -1.00. The Bertz CT molecular complexity index is 291. The molecule has 0 aromatic heterocycles. The number of rotatable bonds is 5. The molecule has 0 heterocycles. The minimum absolute atomic E-state index is 0.490. The van der Waals surface area contributed by atoms with Crippen LogP contribution in [0, 0.1) is 11.6 Å². The molecule has 0 saturated heterocycles. The van der Waals surface area contributed by atoms with Crippen molar-refractivity contribution in [2.75, 3.05) is 6.61 Å². The van der Waals surface area contributed by atoms with Crippen LogP contribution in [0.25, 0.3) is 0 Å². The van der Waals surface area contributed by atoms with Gasteiger partial charge in [0.2, 0.25) is 0 Å². The van der Waals surface area contributed by atoms with Gasteiger partial charge in [0.15, 0.2) is 11.6 Å². The third-order valence-electron chi connectivity index (χ3n) is 1.96. The van der Waals surface area contributed by atoms with Crippen LogP contribution in [0.1, 0.15) is 18.4 Å². The fraction of sp³-hybridized carbons (Fsp3) is 0.400. The molecule has 14 heavy (non-hydrogen) atoms. The highest BCUT2D eigenvalue weighted by Crippen LogP contribution is 2.10. The van der Waals surface area contributed by atoms with E-state index < -0.39 is 11.6 Å². The van der Waals surface area contributed by atoms with Crippen LogP contribution in [0.15, 0.2) is 18.2 Å². The fourth-order valence-electron chi connectivity index (χ4n) is 1.21. The van der Waals surface area contributed by atoms with E-state index in [1.165, 1.54) is 6.07 Å². The predicted molar refractivity (Wildman–Crippen MR) is 49.4 cm³/mol. The quantitative estimate of drug-likeness (QED) is 0.585. The maximum Gasteiger partial charge on any atom is 0.159 e. The Morgan fingerprint density at radius 2 is 1.93 bits per heavy atom. The van der Waals surface area contributed by atoms with Gasteiger partial charge in [0, 0.05) is 0 Å². The molecule has 0 spiro atoms. The van der Waals surface area contributed by atoms with Crippen LogP contribution in [-0.2, 0) is 11.3 Å². The van der Waals surface area contributed by atoms with Crippen molar-refractivity contribution in [3.05, 3.63) is 35.4 Å². The van der Waals surface area contributed by atoms with E-state index in [9.17, 15) is 8.78 Å². The summed E-state index contributed by atoms with van der Waals surface area (Å²) in [4.78, 5) is 4.39. The van der Waals surface area contributed by atoms with Crippen molar-refractivity contribution in [2.24, 2.45) is 5.90 Å². The van der Waals surface area contributed by atoms with Crippen molar-refractivity contribution >= 4 is 0 Å². The molecule has 1 aromatic carbocycles. The Morgan fingerprint density at radius 1 is 1.14 bits per heavy atom. The third-order valence-corrected chi connectivity index (χ3v) is 1.96. The molecule has 0 atom stereocenters. The normalized spacial score (nSPS) is 10.5. The zero-order chi connectivity index (χ0) is 10.4. The summed E-state index contributed by atoms with van der Waals surface area (Å²) in [5.41, 5.74) is 0.793. The van der Waals surface area contributed by atoms with Crippen molar-refractivity contribution in [1.29, 1.82) is 0 Å². The van der Waals surface area contributed by atoms with Gasteiger partial charge < -0.3 is 4.84 Å². The fourth-order valence-corrected chi connectivity index (χ4v) is 1.21. The number of hydrogen-bond donors (Lipinski definition) is 1. The van der Waals surface area contributed by atoms with Crippen molar-refractivity contribution in [1.82, 2.24) is 0 Å². The highest BCUT2D eigenvalue weighted by molar-refractivity contribution is 5.17. The molecule has 0 aliphatic rings. The molecule has 0 unspecified atom stereocenters. The summed E-state index contributed by atoms with van der Waals surface area (Å²) in [6.07, 6.45) is 2.37. The highest BCUT2D eigenvalue weighted by Gasteiger charge is 2.01. The van der Waals surface area contributed by atoms with E-state index in [1.54, 1.807) is 6.07 Å². The van der Waals surface area contributed by atoms with E-state index in [4.69, 9.17) is 5.90 Å². The van der Waals surface area contributed by atoms with Crippen LogP contribution in [0.5, 0.6) is 0 Å². The molecule has 1 rings (SSSR count). The van der Waals surface area contributed by atoms with Crippen LogP contribution >= 0.6 is 0 Å². The average molecular weight is 201 g/mol. The molecule has 0 aliphatic carbocycles. The zero-order valence-electron chi connectivity index (χ0n) is 7.80. The van der Waals surface area contributed by atoms with E-state index in [-0.39, 0.29) is 0 Å². The summed E-state index contributed by atoms with van der Waals surface area (Å²) in [6.45, 7) is 0.490. The molecule has 0 saturated carbocycles. The molecule has 4 heteroatoms. The lowest BCUT2D eigenvalue weighted by atomic mass is 10.1. The molecule has 0 bridgehead atoms. The smallest absolute Gasteiger partial charge is 0.159 e. The van der Waals surface area contributed by atoms with Crippen LogP contribution < -0.4 is 5.90 Å². The Balaban J connectivity index is 2.39.